The van der Waals surface area contributed by atoms with Gasteiger partial charge in [-0.3, -0.25) is 4.90 Å². The second-order valence-corrected chi connectivity index (χ2v) is 11.7. The van der Waals surface area contributed by atoms with Gasteiger partial charge in [-0.2, -0.15) is 0 Å². The number of likely N-dealkylation sites (tertiary alicyclic amines) is 3. The molecule has 0 unspecified atom stereocenters. The zero-order chi connectivity index (χ0) is 26.2. The molecule has 0 saturated carbocycles. The molecule has 4 atom stereocenters. The maximum atomic E-state index is 5.70. The normalized spacial score (nSPS) is 27.3. The van der Waals surface area contributed by atoms with E-state index in [1.165, 1.54) is 65.4 Å². The zero-order valence-corrected chi connectivity index (χ0v) is 25.0. The van der Waals surface area contributed by atoms with Crippen molar-refractivity contribution in [3.8, 4) is 0 Å². The molecule has 0 aliphatic carbocycles. The number of hydrogen-bond donors (Lipinski definition) is 1. The Morgan fingerprint density at radius 1 is 0.703 bits per heavy atom. The second-order valence-electron chi connectivity index (χ2n) is 10.5. The number of nitrogens with zero attached hydrogens (tertiary/aromatic N) is 7. The summed E-state index contributed by atoms with van der Waals surface area (Å²) < 4.78 is 0. The first-order valence-corrected chi connectivity index (χ1v) is 15.2. The molecular weight excluding hydrogens is 575 g/mol. The number of halogens is 3. The number of nitrogens with one attached hydrogen (secondary N) is 1. The average Bonchev–Trinajstić information content (AvgIpc) is 3.67. The third kappa shape index (κ3) is 8.52. The van der Waals surface area contributed by atoms with Gasteiger partial charge in [-0.25, -0.2) is 19.9 Å². The van der Waals surface area contributed by atoms with Gasteiger partial charge in [0.05, 0.1) is 0 Å². The van der Waals surface area contributed by atoms with Crippen LogP contribution in [0.4, 0.5) is 0 Å². The summed E-state index contributed by atoms with van der Waals surface area (Å²) in [6, 6.07) is 0. The highest BCUT2D eigenvalue weighted by molar-refractivity contribution is 9.08. The molecule has 2 aromatic heterocycles. The Balaban J connectivity index is 0.000000143. The van der Waals surface area contributed by atoms with Gasteiger partial charge in [0.2, 0.25) is 10.6 Å². The molecule has 6 rings (SSSR count). The average molecular weight is 614 g/mol. The Kier molecular flexibility index (Phi) is 11.3. The smallest absolute Gasteiger partial charge is 0.222 e. The molecule has 204 valence electrons. The number of hydrogen-bond acceptors (Lipinski definition) is 8. The quantitative estimate of drug-likeness (QED) is 0.404. The molecular formula is C26H39BrCl2N8. The Morgan fingerprint density at radius 2 is 1.11 bits per heavy atom. The number of alkyl halides is 1. The first-order valence-electron chi connectivity index (χ1n) is 13.3. The van der Waals surface area contributed by atoms with Gasteiger partial charge in [0.15, 0.2) is 0 Å². The van der Waals surface area contributed by atoms with Crippen LogP contribution in [0.2, 0.25) is 10.6 Å². The highest BCUT2D eigenvalue weighted by Gasteiger charge is 2.39. The number of rotatable bonds is 5. The van der Waals surface area contributed by atoms with Crippen molar-refractivity contribution < 1.29 is 0 Å². The van der Waals surface area contributed by atoms with E-state index in [4.69, 9.17) is 23.2 Å². The van der Waals surface area contributed by atoms with Crippen LogP contribution >= 0.6 is 39.1 Å². The van der Waals surface area contributed by atoms with Crippen LogP contribution in [-0.4, -0.2) is 100 Å². The third-order valence-corrected chi connectivity index (χ3v) is 8.94. The predicted octanol–water partition coefficient (Wildman–Crippen LogP) is 3.70. The molecule has 0 aromatic carbocycles. The van der Waals surface area contributed by atoms with Gasteiger partial charge in [-0.05, 0) is 78.6 Å². The number of fused-ring (bicyclic) bond motifs is 2. The van der Waals surface area contributed by atoms with Crippen molar-refractivity contribution in [1.29, 1.82) is 0 Å². The fraction of sp³-hybridized carbons (Fsp3) is 0.692. The Labute approximate surface area is 239 Å². The van der Waals surface area contributed by atoms with Gasteiger partial charge in [-0.15, -0.1) is 0 Å². The Morgan fingerprint density at radius 3 is 1.54 bits per heavy atom. The van der Waals surface area contributed by atoms with E-state index in [-0.39, 0.29) is 0 Å². The minimum absolute atomic E-state index is 0.291. The zero-order valence-electron chi connectivity index (χ0n) is 21.9. The summed E-state index contributed by atoms with van der Waals surface area (Å²) in [6.45, 7) is 18.1. The molecule has 6 heterocycles. The van der Waals surface area contributed by atoms with Crippen molar-refractivity contribution in [1.82, 2.24) is 40.0 Å². The van der Waals surface area contributed by atoms with Gasteiger partial charge < -0.3 is 15.1 Å². The lowest BCUT2D eigenvalue weighted by molar-refractivity contribution is 0.256. The van der Waals surface area contributed by atoms with Crippen LogP contribution in [0.1, 0.15) is 25.0 Å². The van der Waals surface area contributed by atoms with Crippen molar-refractivity contribution in [2.45, 2.75) is 25.7 Å². The molecule has 4 aliphatic heterocycles. The van der Waals surface area contributed by atoms with E-state index in [0.29, 0.717) is 10.6 Å². The summed E-state index contributed by atoms with van der Waals surface area (Å²) in [5.74, 6) is 3.66. The molecule has 0 spiro atoms. The van der Waals surface area contributed by atoms with Crippen LogP contribution in [-0.2, 0) is 11.9 Å². The Bertz CT molecular complexity index is 925. The van der Waals surface area contributed by atoms with Gasteiger partial charge in [0.25, 0.3) is 0 Å². The topological polar surface area (TPSA) is 73.3 Å². The third-order valence-electron chi connectivity index (χ3n) is 7.91. The first kappa shape index (κ1) is 29.1. The summed E-state index contributed by atoms with van der Waals surface area (Å²) >= 11 is 14.4. The molecule has 8 nitrogen and oxygen atoms in total. The monoisotopic (exact) mass is 612 g/mol. The van der Waals surface area contributed by atoms with Crippen molar-refractivity contribution in [2.24, 2.45) is 23.7 Å². The minimum atomic E-state index is 0.291. The highest BCUT2D eigenvalue weighted by atomic mass is 79.9. The molecule has 0 radical (unpaired) electrons. The van der Waals surface area contributed by atoms with Gasteiger partial charge in [0.1, 0.15) is 0 Å². The van der Waals surface area contributed by atoms with E-state index in [1.54, 1.807) is 12.4 Å². The summed E-state index contributed by atoms with van der Waals surface area (Å²) in [4.78, 5) is 23.3. The summed E-state index contributed by atoms with van der Waals surface area (Å²) in [5.41, 5.74) is 2.19. The van der Waals surface area contributed by atoms with E-state index in [1.807, 2.05) is 12.4 Å². The fourth-order valence-corrected chi connectivity index (χ4v) is 6.36. The molecule has 1 N–H and O–H groups in total. The predicted molar refractivity (Wildman–Crippen MR) is 153 cm³/mol. The lowest BCUT2D eigenvalue weighted by atomic mass is 10.0. The first-order chi connectivity index (χ1) is 18.0. The minimum Gasteiger partial charge on any atom is -0.316 e. The lowest BCUT2D eigenvalue weighted by Crippen LogP contribution is -2.28. The maximum absolute atomic E-state index is 5.70. The van der Waals surface area contributed by atoms with Gasteiger partial charge >= 0.3 is 0 Å². The van der Waals surface area contributed by atoms with E-state index in [2.05, 4.69) is 69.7 Å². The van der Waals surface area contributed by atoms with E-state index in [0.717, 1.165) is 46.7 Å². The van der Waals surface area contributed by atoms with Crippen LogP contribution < -0.4 is 5.32 Å². The van der Waals surface area contributed by atoms with Gasteiger partial charge in [-0.1, -0.05) is 29.8 Å². The second kappa shape index (κ2) is 14.4. The molecule has 2 aromatic rings. The molecule has 4 saturated heterocycles. The van der Waals surface area contributed by atoms with Crippen molar-refractivity contribution >= 4 is 39.1 Å². The largest absolute Gasteiger partial charge is 0.316 e. The van der Waals surface area contributed by atoms with Crippen LogP contribution in [0.5, 0.6) is 0 Å². The molecule has 11 heteroatoms. The van der Waals surface area contributed by atoms with E-state index in [9.17, 15) is 0 Å². The highest BCUT2D eigenvalue weighted by Crippen LogP contribution is 2.31. The molecule has 0 amide bonds. The summed E-state index contributed by atoms with van der Waals surface area (Å²) in [6.07, 6.45) is 7.04. The van der Waals surface area contributed by atoms with Crippen molar-refractivity contribution in [3.05, 3.63) is 46.5 Å². The summed E-state index contributed by atoms with van der Waals surface area (Å²) in [5, 5.41) is 4.83. The fourth-order valence-electron chi connectivity index (χ4n) is 5.87. The Hall–Kier alpha value is -0.940. The number of aromatic nitrogens is 4. The maximum Gasteiger partial charge on any atom is 0.222 e. The molecule has 0 bridgehead atoms. The SMILES string of the molecule is CCN1C[C@@H]2CN(Cc3cnc(Cl)nc3)C[C@@H]2C1.CCN1C[C@H]2CNC[C@H]2C1.Clc1ncc(CBr)cn1. The van der Waals surface area contributed by atoms with Crippen LogP contribution in [0.3, 0.4) is 0 Å². The van der Waals surface area contributed by atoms with Crippen molar-refractivity contribution in [2.75, 3.05) is 65.4 Å². The van der Waals surface area contributed by atoms with Crippen LogP contribution in [0.15, 0.2) is 24.8 Å². The van der Waals surface area contributed by atoms with Gasteiger partial charge in [0, 0.05) is 81.5 Å². The van der Waals surface area contributed by atoms with Crippen LogP contribution in [0.25, 0.3) is 0 Å². The summed E-state index contributed by atoms with van der Waals surface area (Å²) in [7, 11) is 0. The van der Waals surface area contributed by atoms with E-state index >= 15 is 0 Å². The van der Waals surface area contributed by atoms with Crippen molar-refractivity contribution in [3.63, 3.8) is 0 Å². The lowest BCUT2D eigenvalue weighted by Gasteiger charge is -2.20. The van der Waals surface area contributed by atoms with E-state index < -0.39 is 0 Å². The standard InChI is InChI=1S/C13H19ClN4.C8H16N2.C5H4BrClN2/c1-2-17-6-11-8-18(9-12(11)7-17)5-10-3-15-13(14)16-4-10;1-2-10-5-7-3-9-4-8(7)6-10;6-1-4-2-8-5(7)9-3-4/h3-4,11-12H,2,5-9H2,1H3;7-9H,2-6H2,1H3;2-3H,1H2/t11-,12+;7-,8+;. The molecule has 4 aliphatic rings. The van der Waals surface area contributed by atoms with Crippen LogP contribution in [0, 0.1) is 23.7 Å². The molecule has 4 fully saturated rings. The molecule has 37 heavy (non-hydrogen) atoms.